The summed E-state index contributed by atoms with van der Waals surface area (Å²) in [4.78, 5) is 35.8. The summed E-state index contributed by atoms with van der Waals surface area (Å²) in [6.45, 7) is -0.513. The van der Waals surface area contributed by atoms with E-state index in [4.69, 9.17) is 39.5 Å². The number of carbonyl (C=O) groups is 3. The maximum Gasteiger partial charge on any atom is 0.306 e. The number of ketones is 1. The third-order valence-corrected chi connectivity index (χ3v) is 4.71. The first-order valence-corrected chi connectivity index (χ1v) is 9.05. The second-order valence-corrected chi connectivity index (χ2v) is 7.05. The number of thiophene rings is 1. The molecule has 25 heavy (non-hydrogen) atoms. The van der Waals surface area contributed by atoms with Gasteiger partial charge in [0.15, 0.2) is 12.4 Å². The zero-order valence-electron chi connectivity index (χ0n) is 12.7. The quantitative estimate of drug-likeness (QED) is 0.513. The molecule has 1 aromatic carbocycles. The maximum atomic E-state index is 11.8. The minimum absolute atomic E-state index is 0.0236. The Bertz CT molecular complexity index is 770. The van der Waals surface area contributed by atoms with E-state index in [2.05, 4.69) is 5.32 Å². The number of carbonyl (C=O) groups excluding carboxylic acids is 3. The van der Waals surface area contributed by atoms with Crippen molar-refractivity contribution in [3.8, 4) is 0 Å². The molecule has 0 spiro atoms. The first-order valence-electron chi connectivity index (χ1n) is 7.03. The molecule has 0 aliphatic rings. The molecule has 1 amide bonds. The van der Waals surface area contributed by atoms with Crippen LogP contribution < -0.4 is 5.32 Å². The first-order chi connectivity index (χ1) is 11.9. The number of benzene rings is 1. The van der Waals surface area contributed by atoms with Crippen molar-refractivity contribution in [2.75, 3.05) is 11.9 Å². The third-order valence-electron chi connectivity index (χ3n) is 2.99. The fraction of sp³-hybridized carbons (Fsp3) is 0.188. The Hall–Kier alpha value is -1.60. The van der Waals surface area contributed by atoms with Crippen molar-refractivity contribution in [2.45, 2.75) is 12.8 Å². The summed E-state index contributed by atoms with van der Waals surface area (Å²) in [5, 5.41) is 4.88. The molecule has 0 bridgehead atoms. The summed E-state index contributed by atoms with van der Waals surface area (Å²) in [6.07, 6.45) is -0.0811. The average Bonchev–Trinajstić information content (AvgIpc) is 3.08. The van der Waals surface area contributed by atoms with Gasteiger partial charge < -0.3 is 10.1 Å². The van der Waals surface area contributed by atoms with Crippen molar-refractivity contribution in [2.24, 2.45) is 0 Å². The Morgan fingerprint density at radius 1 is 1.08 bits per heavy atom. The molecule has 0 saturated carbocycles. The third kappa shape index (κ3) is 6.01. The van der Waals surface area contributed by atoms with E-state index >= 15 is 0 Å². The molecule has 0 atom stereocenters. The number of hydrogen-bond donors (Lipinski definition) is 1. The summed E-state index contributed by atoms with van der Waals surface area (Å²) in [6, 6.07) is 6.29. The van der Waals surface area contributed by atoms with Crippen molar-refractivity contribution in [1.29, 1.82) is 0 Å². The van der Waals surface area contributed by atoms with Gasteiger partial charge in [0.1, 0.15) is 0 Å². The average molecular weight is 421 g/mol. The van der Waals surface area contributed by atoms with Crippen LogP contribution in [-0.2, 0) is 14.3 Å². The van der Waals surface area contributed by atoms with Crippen molar-refractivity contribution >= 4 is 69.5 Å². The maximum absolute atomic E-state index is 11.8. The molecule has 0 saturated heterocycles. The van der Waals surface area contributed by atoms with Crippen LogP contribution in [0.25, 0.3) is 0 Å². The van der Waals surface area contributed by atoms with E-state index in [1.807, 2.05) is 0 Å². The fourth-order valence-corrected chi connectivity index (χ4v) is 3.44. The van der Waals surface area contributed by atoms with Gasteiger partial charge in [0, 0.05) is 11.4 Å². The Balaban J connectivity index is 1.78. The van der Waals surface area contributed by atoms with Gasteiger partial charge >= 0.3 is 5.97 Å². The van der Waals surface area contributed by atoms with Crippen LogP contribution in [0.5, 0.6) is 0 Å². The molecule has 1 aromatic heterocycles. The molecular formula is C16H12Cl3NO4S. The van der Waals surface area contributed by atoms with Crippen LogP contribution in [-0.4, -0.2) is 24.3 Å². The standard InChI is InChI=1S/C16H12Cl3NO4S/c17-9-6-10(18)16(11(19)7-9)20-14(22)8-24-15(23)4-3-12(21)13-2-1-5-25-13/h1-2,5-7H,3-4,8H2,(H,20,22). The van der Waals surface area contributed by atoms with Crippen LogP contribution in [0, 0.1) is 0 Å². The van der Waals surface area contributed by atoms with E-state index < -0.39 is 18.5 Å². The first kappa shape index (κ1) is 19.7. The lowest BCUT2D eigenvalue weighted by Crippen LogP contribution is -2.21. The van der Waals surface area contributed by atoms with Gasteiger partial charge in [-0.2, -0.15) is 0 Å². The number of Topliss-reactive ketones (excluding diaryl/α,β-unsaturated/α-hetero) is 1. The molecule has 2 rings (SSSR count). The molecule has 0 fully saturated rings. The van der Waals surface area contributed by atoms with E-state index in [0.717, 1.165) is 0 Å². The highest BCUT2D eigenvalue weighted by Crippen LogP contribution is 2.33. The van der Waals surface area contributed by atoms with Crippen molar-refractivity contribution < 1.29 is 19.1 Å². The lowest BCUT2D eigenvalue weighted by atomic mass is 10.2. The Kier molecular flexibility index (Phi) is 7.25. The zero-order chi connectivity index (χ0) is 18.4. The minimum atomic E-state index is -0.645. The van der Waals surface area contributed by atoms with Gasteiger partial charge in [-0.1, -0.05) is 40.9 Å². The van der Waals surface area contributed by atoms with Crippen LogP contribution in [0.1, 0.15) is 22.5 Å². The van der Waals surface area contributed by atoms with Gasteiger partial charge in [0.2, 0.25) is 0 Å². The lowest BCUT2D eigenvalue weighted by Gasteiger charge is -2.10. The molecule has 0 unspecified atom stereocenters. The Morgan fingerprint density at radius 3 is 2.36 bits per heavy atom. The van der Waals surface area contributed by atoms with E-state index in [1.165, 1.54) is 23.5 Å². The molecule has 2 aromatic rings. The molecular weight excluding hydrogens is 409 g/mol. The molecule has 0 aliphatic carbocycles. The van der Waals surface area contributed by atoms with E-state index in [0.29, 0.717) is 9.90 Å². The lowest BCUT2D eigenvalue weighted by molar-refractivity contribution is -0.147. The monoisotopic (exact) mass is 419 g/mol. The van der Waals surface area contributed by atoms with Crippen LogP contribution in [0.15, 0.2) is 29.6 Å². The van der Waals surface area contributed by atoms with Gasteiger partial charge in [0.05, 0.1) is 27.0 Å². The Labute approximate surface area is 162 Å². The number of ether oxygens (including phenoxy) is 1. The molecule has 1 heterocycles. The minimum Gasteiger partial charge on any atom is -0.456 e. The van der Waals surface area contributed by atoms with Gasteiger partial charge in [-0.05, 0) is 23.6 Å². The van der Waals surface area contributed by atoms with Crippen molar-refractivity contribution in [1.82, 2.24) is 0 Å². The van der Waals surface area contributed by atoms with E-state index in [1.54, 1.807) is 17.5 Å². The van der Waals surface area contributed by atoms with Crippen molar-refractivity contribution in [3.05, 3.63) is 49.6 Å². The summed E-state index contributed by atoms with van der Waals surface area (Å²) in [5.41, 5.74) is 0.182. The summed E-state index contributed by atoms with van der Waals surface area (Å²) in [5.74, 6) is -1.39. The number of anilines is 1. The molecule has 0 aliphatic heterocycles. The zero-order valence-corrected chi connectivity index (χ0v) is 15.8. The van der Waals surface area contributed by atoms with Crippen LogP contribution in [0.2, 0.25) is 15.1 Å². The highest BCUT2D eigenvalue weighted by Gasteiger charge is 2.15. The van der Waals surface area contributed by atoms with Crippen molar-refractivity contribution in [3.63, 3.8) is 0 Å². The summed E-state index contributed by atoms with van der Waals surface area (Å²) >= 11 is 19.0. The largest absolute Gasteiger partial charge is 0.456 e. The van der Waals surface area contributed by atoms with E-state index in [9.17, 15) is 14.4 Å². The van der Waals surface area contributed by atoms with Crippen LogP contribution >= 0.6 is 46.1 Å². The summed E-state index contributed by atoms with van der Waals surface area (Å²) in [7, 11) is 0. The van der Waals surface area contributed by atoms with Crippen LogP contribution in [0.3, 0.4) is 0 Å². The molecule has 1 N–H and O–H groups in total. The second kappa shape index (κ2) is 9.20. The second-order valence-electron chi connectivity index (χ2n) is 4.85. The normalized spacial score (nSPS) is 10.4. The molecule has 5 nitrogen and oxygen atoms in total. The van der Waals surface area contributed by atoms with E-state index in [-0.39, 0.29) is 34.4 Å². The topological polar surface area (TPSA) is 72.5 Å². The van der Waals surface area contributed by atoms with Gasteiger partial charge in [-0.25, -0.2) is 0 Å². The fourth-order valence-electron chi connectivity index (χ4n) is 1.83. The highest BCUT2D eigenvalue weighted by molar-refractivity contribution is 7.12. The highest BCUT2D eigenvalue weighted by atomic mass is 35.5. The SMILES string of the molecule is O=C(COC(=O)CCC(=O)c1cccs1)Nc1c(Cl)cc(Cl)cc1Cl. The van der Waals surface area contributed by atoms with Gasteiger partial charge in [-0.15, -0.1) is 11.3 Å². The number of esters is 1. The van der Waals surface area contributed by atoms with Crippen LogP contribution in [0.4, 0.5) is 5.69 Å². The smallest absolute Gasteiger partial charge is 0.306 e. The molecule has 132 valence electrons. The molecule has 9 heteroatoms. The Morgan fingerprint density at radius 2 is 1.76 bits per heavy atom. The van der Waals surface area contributed by atoms with Gasteiger partial charge in [-0.3, -0.25) is 14.4 Å². The number of nitrogens with one attached hydrogen (secondary N) is 1. The molecule has 0 radical (unpaired) electrons. The number of rotatable bonds is 7. The summed E-state index contributed by atoms with van der Waals surface area (Å²) < 4.78 is 4.84. The number of amides is 1. The van der Waals surface area contributed by atoms with Gasteiger partial charge in [0.25, 0.3) is 5.91 Å². The predicted molar refractivity (Wildman–Crippen MR) is 98.9 cm³/mol. The predicted octanol–water partition coefficient (Wildman–Crippen LogP) is 4.85. The number of halogens is 3. The number of hydrogen-bond acceptors (Lipinski definition) is 5.